The van der Waals surface area contributed by atoms with Crippen LogP contribution in [0, 0.1) is 0 Å². The van der Waals surface area contributed by atoms with Crippen molar-refractivity contribution in [2.45, 2.75) is 50.0 Å². The van der Waals surface area contributed by atoms with Crippen LogP contribution in [0.5, 0.6) is 0 Å². The number of piperidine rings is 1. The molecule has 0 bridgehead atoms. The lowest BCUT2D eigenvalue weighted by Gasteiger charge is -2.32. The molecule has 1 fully saturated rings. The van der Waals surface area contributed by atoms with E-state index in [1.807, 2.05) is 19.1 Å². The van der Waals surface area contributed by atoms with E-state index in [0.717, 1.165) is 31.2 Å². The molecular formula is C21H26N2O4S. The number of ether oxygens (including phenoxy) is 1. The molecule has 0 aliphatic carbocycles. The number of aromatic nitrogens is 1. The average Bonchev–Trinajstić information content (AvgIpc) is 2.72. The Morgan fingerprint density at radius 3 is 2.75 bits per heavy atom. The first-order valence-electron chi connectivity index (χ1n) is 9.66. The number of carbonyl (C=O) groups excluding carboxylic acids is 1. The van der Waals surface area contributed by atoms with E-state index in [2.05, 4.69) is 4.98 Å². The normalized spacial score (nSPS) is 18.0. The largest absolute Gasteiger partial charge is 0.462 e. The van der Waals surface area contributed by atoms with Crippen LogP contribution in [0.2, 0.25) is 0 Å². The number of esters is 1. The average molecular weight is 403 g/mol. The highest BCUT2D eigenvalue weighted by Gasteiger charge is 2.31. The van der Waals surface area contributed by atoms with Crippen molar-refractivity contribution in [3.05, 3.63) is 59.9 Å². The third-order valence-electron chi connectivity index (χ3n) is 5.01. The van der Waals surface area contributed by atoms with Gasteiger partial charge in [-0.1, -0.05) is 12.5 Å². The minimum absolute atomic E-state index is 0.0254. The fourth-order valence-electron chi connectivity index (χ4n) is 3.42. The predicted octanol–water partition coefficient (Wildman–Crippen LogP) is 3.43. The second kappa shape index (κ2) is 9.30. The minimum Gasteiger partial charge on any atom is -0.462 e. The Morgan fingerprint density at radius 1 is 1.21 bits per heavy atom. The van der Waals surface area contributed by atoms with Gasteiger partial charge in [-0.3, -0.25) is 4.98 Å². The first kappa shape index (κ1) is 20.5. The Morgan fingerprint density at radius 2 is 2.00 bits per heavy atom. The first-order valence-corrected chi connectivity index (χ1v) is 11.1. The number of pyridine rings is 1. The lowest BCUT2D eigenvalue weighted by molar-refractivity contribution is 0.0500. The number of carbonyl (C=O) groups is 1. The van der Waals surface area contributed by atoms with Crippen LogP contribution in [0.1, 0.15) is 48.5 Å². The van der Waals surface area contributed by atoms with Gasteiger partial charge in [-0.2, -0.15) is 4.31 Å². The Bertz CT molecular complexity index is 900. The highest BCUT2D eigenvalue weighted by Crippen LogP contribution is 2.25. The molecule has 150 valence electrons. The van der Waals surface area contributed by atoms with Crippen molar-refractivity contribution < 1.29 is 17.9 Å². The summed E-state index contributed by atoms with van der Waals surface area (Å²) in [4.78, 5) is 16.5. The van der Waals surface area contributed by atoms with Gasteiger partial charge in [0, 0.05) is 25.0 Å². The SMILES string of the molecule is CC1CCCCN1S(=O)(=O)c1cccc(C(=O)OCCCc2ccncc2)c1. The Hall–Kier alpha value is -2.25. The van der Waals surface area contributed by atoms with Gasteiger partial charge in [-0.05, 0) is 68.5 Å². The van der Waals surface area contributed by atoms with Gasteiger partial charge in [-0.15, -0.1) is 0 Å². The van der Waals surface area contributed by atoms with Crippen molar-refractivity contribution in [3.8, 4) is 0 Å². The number of rotatable bonds is 7. The van der Waals surface area contributed by atoms with Gasteiger partial charge in [-0.25, -0.2) is 13.2 Å². The Balaban J connectivity index is 1.61. The molecule has 6 nitrogen and oxygen atoms in total. The number of hydrogen-bond acceptors (Lipinski definition) is 5. The maximum atomic E-state index is 13.0. The van der Waals surface area contributed by atoms with Crippen LogP contribution in [0.4, 0.5) is 0 Å². The number of hydrogen-bond donors (Lipinski definition) is 0. The molecule has 0 amide bonds. The lowest BCUT2D eigenvalue weighted by atomic mass is 10.1. The molecule has 0 saturated carbocycles. The van der Waals surface area contributed by atoms with E-state index < -0.39 is 16.0 Å². The molecule has 3 rings (SSSR count). The highest BCUT2D eigenvalue weighted by molar-refractivity contribution is 7.89. The zero-order chi connectivity index (χ0) is 20.0. The smallest absolute Gasteiger partial charge is 0.338 e. The standard InChI is InChI=1S/C21H26N2O4S/c1-17-6-2-3-14-23(17)28(25,26)20-9-4-8-19(16-20)21(24)27-15-5-7-18-10-12-22-13-11-18/h4,8-13,16-17H,2-3,5-7,14-15H2,1H3. The Kier molecular flexibility index (Phi) is 6.80. The summed E-state index contributed by atoms with van der Waals surface area (Å²) in [5, 5.41) is 0. The summed E-state index contributed by atoms with van der Waals surface area (Å²) in [6.07, 6.45) is 7.71. The van der Waals surface area contributed by atoms with Crippen LogP contribution in [0.3, 0.4) is 0 Å². The van der Waals surface area contributed by atoms with Crippen molar-refractivity contribution in [1.29, 1.82) is 0 Å². The summed E-state index contributed by atoms with van der Waals surface area (Å²) < 4.78 is 32.8. The second-order valence-corrected chi connectivity index (χ2v) is 8.97. The predicted molar refractivity (Wildman–Crippen MR) is 106 cm³/mol. The van der Waals surface area contributed by atoms with E-state index in [9.17, 15) is 13.2 Å². The third kappa shape index (κ3) is 4.97. The van der Waals surface area contributed by atoms with Gasteiger partial charge in [0.1, 0.15) is 0 Å². The van der Waals surface area contributed by atoms with E-state index in [1.54, 1.807) is 24.5 Å². The molecule has 0 spiro atoms. The summed E-state index contributed by atoms with van der Waals surface area (Å²) in [6.45, 7) is 2.73. The monoisotopic (exact) mass is 402 g/mol. The van der Waals surface area contributed by atoms with Crippen LogP contribution < -0.4 is 0 Å². The number of benzene rings is 1. The summed E-state index contributed by atoms with van der Waals surface area (Å²) in [7, 11) is -3.61. The number of aryl methyl sites for hydroxylation is 1. The van der Waals surface area contributed by atoms with Gasteiger partial charge in [0.05, 0.1) is 17.1 Å². The quantitative estimate of drug-likeness (QED) is 0.524. The van der Waals surface area contributed by atoms with Crippen molar-refractivity contribution in [1.82, 2.24) is 9.29 Å². The first-order chi connectivity index (χ1) is 13.5. The lowest BCUT2D eigenvalue weighted by Crippen LogP contribution is -2.41. The van der Waals surface area contributed by atoms with E-state index in [0.29, 0.717) is 13.0 Å². The second-order valence-electron chi connectivity index (χ2n) is 7.08. The van der Waals surface area contributed by atoms with E-state index in [4.69, 9.17) is 4.74 Å². The van der Waals surface area contributed by atoms with E-state index in [-0.39, 0.29) is 23.1 Å². The maximum Gasteiger partial charge on any atom is 0.338 e. The molecule has 0 radical (unpaired) electrons. The molecule has 1 aliphatic heterocycles. The van der Waals surface area contributed by atoms with Gasteiger partial charge in [0.2, 0.25) is 10.0 Å². The summed E-state index contributed by atoms with van der Waals surface area (Å²) >= 11 is 0. The molecule has 1 aromatic carbocycles. The van der Waals surface area contributed by atoms with E-state index in [1.165, 1.54) is 16.4 Å². The molecule has 1 aliphatic rings. The topological polar surface area (TPSA) is 76.6 Å². The fourth-order valence-corrected chi connectivity index (χ4v) is 5.17. The van der Waals surface area contributed by atoms with Crippen molar-refractivity contribution in [2.24, 2.45) is 0 Å². The Labute approximate surface area is 166 Å². The molecule has 1 saturated heterocycles. The number of nitrogens with zero attached hydrogens (tertiary/aromatic N) is 2. The van der Waals surface area contributed by atoms with Crippen molar-refractivity contribution in [3.63, 3.8) is 0 Å². The fraction of sp³-hybridized carbons (Fsp3) is 0.429. The van der Waals surface area contributed by atoms with Gasteiger partial charge >= 0.3 is 5.97 Å². The van der Waals surface area contributed by atoms with Gasteiger partial charge in [0.25, 0.3) is 0 Å². The molecule has 0 N–H and O–H groups in total. The molecule has 2 heterocycles. The van der Waals surface area contributed by atoms with Crippen molar-refractivity contribution in [2.75, 3.05) is 13.2 Å². The summed E-state index contributed by atoms with van der Waals surface area (Å²) in [6, 6.07) is 9.97. The summed E-state index contributed by atoms with van der Waals surface area (Å²) in [5.74, 6) is -0.501. The molecule has 7 heteroatoms. The minimum atomic E-state index is -3.61. The van der Waals surface area contributed by atoms with Crippen LogP contribution in [-0.2, 0) is 21.2 Å². The third-order valence-corrected chi connectivity index (χ3v) is 7.02. The van der Waals surface area contributed by atoms with Crippen LogP contribution >= 0.6 is 0 Å². The van der Waals surface area contributed by atoms with Gasteiger partial charge in [0.15, 0.2) is 0 Å². The van der Waals surface area contributed by atoms with Crippen molar-refractivity contribution >= 4 is 16.0 Å². The molecular weight excluding hydrogens is 376 g/mol. The zero-order valence-electron chi connectivity index (χ0n) is 16.1. The van der Waals surface area contributed by atoms with Crippen LogP contribution in [0.25, 0.3) is 0 Å². The van der Waals surface area contributed by atoms with Crippen LogP contribution in [0.15, 0.2) is 53.7 Å². The van der Waals surface area contributed by atoms with E-state index >= 15 is 0 Å². The summed E-state index contributed by atoms with van der Waals surface area (Å²) in [5.41, 5.74) is 1.39. The van der Waals surface area contributed by atoms with Crippen LogP contribution in [-0.4, -0.2) is 42.9 Å². The zero-order valence-corrected chi connectivity index (χ0v) is 16.9. The number of sulfonamides is 1. The highest BCUT2D eigenvalue weighted by atomic mass is 32.2. The maximum absolute atomic E-state index is 13.0. The van der Waals surface area contributed by atoms with Gasteiger partial charge < -0.3 is 4.74 Å². The molecule has 2 aromatic rings. The molecule has 28 heavy (non-hydrogen) atoms. The molecule has 1 unspecified atom stereocenters. The molecule has 1 atom stereocenters. The molecule has 1 aromatic heterocycles.